The lowest BCUT2D eigenvalue weighted by atomic mass is 10.0. The van der Waals surface area contributed by atoms with Gasteiger partial charge in [-0.2, -0.15) is 15.6 Å². The van der Waals surface area contributed by atoms with Gasteiger partial charge in [0.1, 0.15) is 5.56 Å². The van der Waals surface area contributed by atoms with Crippen LogP contribution in [0, 0.1) is 35.5 Å². The second-order valence-corrected chi connectivity index (χ2v) is 6.93. The Kier molecular flexibility index (Phi) is 5.42. The molecule has 1 aliphatic carbocycles. The van der Waals surface area contributed by atoms with Gasteiger partial charge in [-0.15, -0.1) is 0 Å². The van der Waals surface area contributed by atoms with E-state index in [4.69, 9.17) is 16.3 Å². The number of primary amides is 1. The van der Waals surface area contributed by atoms with Crippen LogP contribution in [0.15, 0.2) is 24.4 Å². The van der Waals surface area contributed by atoms with Crippen LogP contribution in [0.25, 0.3) is 0 Å². The molecule has 1 atom stereocenters. The molecule has 1 aliphatic rings. The van der Waals surface area contributed by atoms with Gasteiger partial charge in [0.25, 0.3) is 5.91 Å². The average molecular weight is 362 g/mol. The minimum Gasteiger partial charge on any atom is -0.365 e. The van der Waals surface area contributed by atoms with Crippen LogP contribution < -0.4 is 11.1 Å². The number of amides is 1. The molecule has 1 fully saturated rings. The highest BCUT2D eigenvalue weighted by atomic mass is 16.1. The lowest BCUT2D eigenvalue weighted by molar-refractivity contribution is 0.100. The topological polar surface area (TPSA) is 121 Å². The number of aromatic nitrogens is 2. The van der Waals surface area contributed by atoms with Gasteiger partial charge in [0.05, 0.1) is 24.6 Å². The first-order valence-electron chi connectivity index (χ1n) is 9.03. The van der Waals surface area contributed by atoms with Crippen LogP contribution >= 0.6 is 0 Å². The van der Waals surface area contributed by atoms with E-state index >= 15 is 0 Å². The van der Waals surface area contributed by atoms with Crippen molar-refractivity contribution in [3.05, 3.63) is 41.1 Å². The number of carbonyl (C=O) groups is 1. The quantitative estimate of drug-likeness (QED) is 0.746. The monoisotopic (exact) mass is 362 g/mol. The van der Waals surface area contributed by atoms with Gasteiger partial charge in [-0.3, -0.25) is 9.48 Å². The predicted octanol–water partition coefficient (Wildman–Crippen LogP) is 3.35. The molecule has 138 valence electrons. The summed E-state index contributed by atoms with van der Waals surface area (Å²) in [6.07, 6.45) is 5.24. The fraction of sp³-hybridized carbons (Fsp3) is 0.400. The molecule has 1 saturated carbocycles. The van der Waals surface area contributed by atoms with Crippen molar-refractivity contribution in [2.75, 3.05) is 5.32 Å². The van der Waals surface area contributed by atoms with Crippen LogP contribution in [0.2, 0.25) is 0 Å². The zero-order valence-electron chi connectivity index (χ0n) is 15.3. The fourth-order valence-corrected chi connectivity index (χ4v) is 3.23. The van der Waals surface area contributed by atoms with Crippen molar-refractivity contribution in [3.8, 4) is 12.1 Å². The number of rotatable bonds is 8. The minimum atomic E-state index is -0.563. The number of carbonyl (C=O) groups excluding carboxylic acids is 1. The molecule has 1 heterocycles. The number of anilines is 2. The van der Waals surface area contributed by atoms with E-state index in [2.05, 4.69) is 22.6 Å². The third kappa shape index (κ3) is 4.27. The molecule has 3 N–H and O–H groups in total. The Balaban J connectivity index is 1.89. The van der Waals surface area contributed by atoms with Crippen molar-refractivity contribution in [3.63, 3.8) is 0 Å². The Labute approximate surface area is 158 Å². The summed E-state index contributed by atoms with van der Waals surface area (Å²) in [7, 11) is 0. The fourth-order valence-electron chi connectivity index (χ4n) is 3.23. The molecule has 1 unspecified atom stereocenters. The van der Waals surface area contributed by atoms with Crippen LogP contribution in [-0.4, -0.2) is 15.7 Å². The zero-order chi connectivity index (χ0) is 19.4. The maximum absolute atomic E-state index is 11.9. The van der Waals surface area contributed by atoms with Crippen molar-refractivity contribution in [1.29, 1.82) is 10.5 Å². The Hall–Kier alpha value is -3.32. The standard InChI is InChI=1S/C20H22N6O/c1-13-4-7-16(11-15(13)3-2-9-21)24-20-17(19(23)27)12-26(25-20)18(8-10-22)14-5-6-14/h4,7,11-12,14,18H,2-3,5-6,8H2,1H3,(H2,23,27)(H,24,25). The van der Waals surface area contributed by atoms with Gasteiger partial charge in [-0.1, -0.05) is 6.07 Å². The van der Waals surface area contributed by atoms with Gasteiger partial charge in [-0.25, -0.2) is 0 Å². The highest BCUT2D eigenvalue weighted by Crippen LogP contribution is 2.41. The van der Waals surface area contributed by atoms with E-state index in [0.717, 1.165) is 29.7 Å². The summed E-state index contributed by atoms with van der Waals surface area (Å²) in [6, 6.07) is 10.2. The van der Waals surface area contributed by atoms with E-state index in [1.807, 2.05) is 25.1 Å². The number of hydrogen-bond acceptors (Lipinski definition) is 5. The summed E-state index contributed by atoms with van der Waals surface area (Å²) in [5, 5.41) is 25.6. The number of hydrogen-bond donors (Lipinski definition) is 2. The molecule has 1 aromatic carbocycles. The molecule has 3 rings (SSSR count). The molecule has 1 amide bonds. The normalized spacial score (nSPS) is 14.2. The maximum atomic E-state index is 11.9. The van der Waals surface area contributed by atoms with E-state index in [1.165, 1.54) is 0 Å². The summed E-state index contributed by atoms with van der Waals surface area (Å²) >= 11 is 0. The molecule has 0 saturated heterocycles. The van der Waals surface area contributed by atoms with E-state index < -0.39 is 5.91 Å². The molecule has 7 heteroatoms. The Morgan fingerprint density at radius 3 is 2.81 bits per heavy atom. The number of nitriles is 2. The largest absolute Gasteiger partial charge is 0.365 e. The zero-order valence-corrected chi connectivity index (χ0v) is 15.3. The Morgan fingerprint density at radius 2 is 2.19 bits per heavy atom. The third-order valence-electron chi connectivity index (χ3n) is 4.92. The molecule has 2 aromatic rings. The SMILES string of the molecule is Cc1ccc(Nc2nn(C(CC#N)C3CC3)cc2C(N)=O)cc1CCC#N. The van der Waals surface area contributed by atoms with Crippen LogP contribution in [0.4, 0.5) is 11.5 Å². The van der Waals surface area contributed by atoms with E-state index in [1.54, 1.807) is 10.9 Å². The molecule has 0 spiro atoms. The smallest absolute Gasteiger partial charge is 0.254 e. The number of benzene rings is 1. The number of nitrogens with two attached hydrogens (primary N) is 1. The second kappa shape index (κ2) is 7.92. The van der Waals surface area contributed by atoms with Crippen molar-refractivity contribution in [2.45, 2.75) is 45.1 Å². The molecule has 7 nitrogen and oxygen atoms in total. The second-order valence-electron chi connectivity index (χ2n) is 6.93. The number of nitrogens with one attached hydrogen (secondary N) is 1. The average Bonchev–Trinajstić information content (AvgIpc) is 3.40. The Bertz CT molecular complexity index is 929. The first-order chi connectivity index (χ1) is 13.0. The van der Waals surface area contributed by atoms with Gasteiger partial charge in [0.2, 0.25) is 0 Å². The minimum absolute atomic E-state index is 0.0344. The summed E-state index contributed by atoms with van der Waals surface area (Å²) < 4.78 is 1.70. The van der Waals surface area contributed by atoms with Gasteiger partial charge in [-0.05, 0) is 55.4 Å². The van der Waals surface area contributed by atoms with Crippen LogP contribution in [-0.2, 0) is 6.42 Å². The number of nitrogens with zero attached hydrogens (tertiary/aromatic N) is 4. The van der Waals surface area contributed by atoms with Crippen molar-refractivity contribution in [2.24, 2.45) is 11.7 Å². The lowest BCUT2D eigenvalue weighted by Crippen LogP contribution is -2.12. The van der Waals surface area contributed by atoms with Crippen LogP contribution in [0.3, 0.4) is 0 Å². The first kappa shape index (κ1) is 18.5. The van der Waals surface area contributed by atoms with Gasteiger partial charge in [0.15, 0.2) is 5.82 Å². The summed E-state index contributed by atoms with van der Waals surface area (Å²) in [4.78, 5) is 11.9. The van der Waals surface area contributed by atoms with Crippen LogP contribution in [0.5, 0.6) is 0 Å². The third-order valence-corrected chi connectivity index (χ3v) is 4.92. The molecule has 0 radical (unpaired) electrons. The summed E-state index contributed by atoms with van der Waals surface area (Å²) in [5.41, 5.74) is 8.80. The van der Waals surface area contributed by atoms with E-state index in [0.29, 0.717) is 36.6 Å². The highest BCUT2D eigenvalue weighted by Gasteiger charge is 2.33. The molecular weight excluding hydrogens is 340 g/mol. The predicted molar refractivity (Wildman–Crippen MR) is 101 cm³/mol. The lowest BCUT2D eigenvalue weighted by Gasteiger charge is -2.13. The van der Waals surface area contributed by atoms with Crippen molar-refractivity contribution < 1.29 is 4.79 Å². The summed E-state index contributed by atoms with van der Waals surface area (Å²) in [6.45, 7) is 2.00. The molecule has 0 bridgehead atoms. The molecule has 27 heavy (non-hydrogen) atoms. The maximum Gasteiger partial charge on any atom is 0.254 e. The molecule has 0 aliphatic heterocycles. The first-order valence-corrected chi connectivity index (χ1v) is 9.03. The van der Waals surface area contributed by atoms with E-state index in [-0.39, 0.29) is 6.04 Å². The molecule has 1 aromatic heterocycles. The van der Waals surface area contributed by atoms with Crippen molar-refractivity contribution >= 4 is 17.4 Å². The van der Waals surface area contributed by atoms with Crippen LogP contribution in [0.1, 0.15) is 53.2 Å². The van der Waals surface area contributed by atoms with Gasteiger partial charge in [0, 0.05) is 18.3 Å². The summed E-state index contributed by atoms with van der Waals surface area (Å²) in [5.74, 6) is 0.253. The molecular formula is C20H22N6O. The van der Waals surface area contributed by atoms with E-state index in [9.17, 15) is 4.79 Å². The van der Waals surface area contributed by atoms with Crippen molar-refractivity contribution in [1.82, 2.24) is 9.78 Å². The van der Waals surface area contributed by atoms with Gasteiger partial charge < -0.3 is 11.1 Å². The van der Waals surface area contributed by atoms with Gasteiger partial charge >= 0.3 is 0 Å². The highest BCUT2D eigenvalue weighted by molar-refractivity contribution is 5.98. The number of aryl methyl sites for hydroxylation is 2. The Morgan fingerprint density at radius 1 is 1.41 bits per heavy atom.